The van der Waals surface area contributed by atoms with E-state index >= 15 is 0 Å². The van der Waals surface area contributed by atoms with Crippen molar-refractivity contribution in [1.82, 2.24) is 10.6 Å². The van der Waals surface area contributed by atoms with Gasteiger partial charge < -0.3 is 20.1 Å². The number of carbonyl (C=O) groups is 2. The SMILES string of the molecule is CCCC(C)(NC(=O)CC1COCCN1)C(=O)OC. The van der Waals surface area contributed by atoms with Gasteiger partial charge in [0.25, 0.3) is 0 Å². The van der Waals surface area contributed by atoms with Crippen LogP contribution in [0.4, 0.5) is 0 Å². The third kappa shape index (κ3) is 4.80. The van der Waals surface area contributed by atoms with E-state index in [9.17, 15) is 9.59 Å². The third-order valence-corrected chi connectivity index (χ3v) is 3.23. The van der Waals surface area contributed by atoms with Gasteiger partial charge in [-0.25, -0.2) is 4.79 Å². The zero-order valence-corrected chi connectivity index (χ0v) is 12.0. The Kier molecular flexibility index (Phi) is 6.24. The number of rotatable bonds is 6. The second kappa shape index (κ2) is 7.45. The van der Waals surface area contributed by atoms with E-state index in [1.54, 1.807) is 6.92 Å². The minimum atomic E-state index is -0.948. The minimum absolute atomic E-state index is 0.0114. The van der Waals surface area contributed by atoms with Crippen LogP contribution in [0.2, 0.25) is 0 Å². The molecule has 1 heterocycles. The summed E-state index contributed by atoms with van der Waals surface area (Å²) in [6.45, 7) is 5.61. The van der Waals surface area contributed by atoms with Crippen LogP contribution >= 0.6 is 0 Å². The predicted octanol–water partition coefficient (Wildman–Crippen LogP) is 0.213. The highest BCUT2D eigenvalue weighted by Crippen LogP contribution is 2.15. The fourth-order valence-electron chi connectivity index (χ4n) is 2.27. The van der Waals surface area contributed by atoms with Crippen LogP contribution in [0.5, 0.6) is 0 Å². The summed E-state index contributed by atoms with van der Waals surface area (Å²) >= 11 is 0. The van der Waals surface area contributed by atoms with Crippen LogP contribution in [-0.2, 0) is 19.1 Å². The fraction of sp³-hybridized carbons (Fsp3) is 0.846. The number of esters is 1. The largest absolute Gasteiger partial charge is 0.467 e. The van der Waals surface area contributed by atoms with Gasteiger partial charge in [0, 0.05) is 19.0 Å². The number of amides is 1. The lowest BCUT2D eigenvalue weighted by molar-refractivity contribution is -0.150. The van der Waals surface area contributed by atoms with Crippen LogP contribution in [0.1, 0.15) is 33.1 Å². The second-order valence-corrected chi connectivity index (χ2v) is 5.05. The van der Waals surface area contributed by atoms with Gasteiger partial charge in [-0.05, 0) is 13.3 Å². The molecule has 0 aliphatic carbocycles. The predicted molar refractivity (Wildman–Crippen MR) is 70.7 cm³/mol. The maximum atomic E-state index is 12.0. The molecule has 6 nitrogen and oxygen atoms in total. The van der Waals surface area contributed by atoms with Crippen LogP contribution in [0, 0.1) is 0 Å². The number of methoxy groups -OCH3 is 1. The summed E-state index contributed by atoms with van der Waals surface area (Å²) in [4.78, 5) is 23.8. The van der Waals surface area contributed by atoms with E-state index in [2.05, 4.69) is 10.6 Å². The number of carbonyl (C=O) groups excluding carboxylic acids is 2. The van der Waals surface area contributed by atoms with Gasteiger partial charge in [-0.15, -0.1) is 0 Å². The third-order valence-electron chi connectivity index (χ3n) is 3.23. The summed E-state index contributed by atoms with van der Waals surface area (Å²) in [5.74, 6) is -0.570. The average Bonchev–Trinajstić information content (AvgIpc) is 2.38. The number of nitrogens with one attached hydrogen (secondary N) is 2. The summed E-state index contributed by atoms with van der Waals surface area (Å²) < 4.78 is 10.1. The molecular formula is C13H24N2O4. The molecule has 0 spiro atoms. The summed E-state index contributed by atoms with van der Waals surface area (Å²) in [7, 11) is 1.33. The molecule has 1 fully saturated rings. The van der Waals surface area contributed by atoms with Crippen molar-refractivity contribution in [2.75, 3.05) is 26.9 Å². The Labute approximate surface area is 114 Å². The molecule has 1 saturated heterocycles. The van der Waals surface area contributed by atoms with Crippen molar-refractivity contribution < 1.29 is 19.1 Å². The van der Waals surface area contributed by atoms with Gasteiger partial charge in [-0.2, -0.15) is 0 Å². The molecule has 0 saturated carbocycles. The Hall–Kier alpha value is -1.14. The maximum Gasteiger partial charge on any atom is 0.331 e. The molecule has 19 heavy (non-hydrogen) atoms. The highest BCUT2D eigenvalue weighted by molar-refractivity contribution is 5.87. The van der Waals surface area contributed by atoms with Crippen molar-refractivity contribution in [3.63, 3.8) is 0 Å². The van der Waals surface area contributed by atoms with Crippen molar-refractivity contribution in [2.24, 2.45) is 0 Å². The Morgan fingerprint density at radius 2 is 2.26 bits per heavy atom. The number of morpholine rings is 1. The molecular weight excluding hydrogens is 248 g/mol. The molecule has 0 aromatic rings. The molecule has 0 aromatic carbocycles. The van der Waals surface area contributed by atoms with Crippen molar-refractivity contribution in [1.29, 1.82) is 0 Å². The first-order chi connectivity index (χ1) is 9.01. The van der Waals surface area contributed by atoms with E-state index < -0.39 is 11.5 Å². The van der Waals surface area contributed by atoms with Gasteiger partial charge in [0.05, 0.1) is 20.3 Å². The molecule has 1 amide bonds. The lowest BCUT2D eigenvalue weighted by Gasteiger charge is -2.29. The van der Waals surface area contributed by atoms with Crippen molar-refractivity contribution >= 4 is 11.9 Å². The van der Waals surface area contributed by atoms with Crippen LogP contribution in [0.15, 0.2) is 0 Å². The van der Waals surface area contributed by atoms with Crippen molar-refractivity contribution in [3.8, 4) is 0 Å². The Bertz CT molecular complexity index is 316. The number of hydrogen-bond donors (Lipinski definition) is 2. The summed E-state index contributed by atoms with van der Waals surface area (Å²) in [6, 6.07) is 0.0114. The van der Waals surface area contributed by atoms with E-state index in [-0.39, 0.29) is 11.9 Å². The first kappa shape index (κ1) is 15.9. The number of hydrogen-bond acceptors (Lipinski definition) is 5. The highest BCUT2D eigenvalue weighted by Gasteiger charge is 2.35. The molecule has 1 aliphatic heterocycles. The van der Waals surface area contributed by atoms with Gasteiger partial charge in [-0.1, -0.05) is 13.3 Å². The molecule has 1 rings (SSSR count). The first-order valence-electron chi connectivity index (χ1n) is 6.72. The van der Waals surface area contributed by atoms with Crippen molar-refractivity contribution in [2.45, 2.75) is 44.7 Å². The standard InChI is InChI=1S/C13H24N2O4/c1-4-5-13(2,12(17)18-3)15-11(16)8-10-9-19-7-6-14-10/h10,14H,4-9H2,1-3H3,(H,15,16). The minimum Gasteiger partial charge on any atom is -0.467 e. The van der Waals surface area contributed by atoms with Gasteiger partial charge >= 0.3 is 5.97 Å². The summed E-state index contributed by atoms with van der Waals surface area (Å²) in [5.41, 5.74) is -0.948. The second-order valence-electron chi connectivity index (χ2n) is 5.05. The molecule has 2 N–H and O–H groups in total. The molecule has 2 unspecified atom stereocenters. The highest BCUT2D eigenvalue weighted by atomic mass is 16.5. The van der Waals surface area contributed by atoms with Crippen LogP contribution < -0.4 is 10.6 Å². The lowest BCUT2D eigenvalue weighted by atomic mass is 9.95. The molecule has 1 aliphatic rings. The van der Waals surface area contributed by atoms with E-state index in [0.717, 1.165) is 13.0 Å². The van der Waals surface area contributed by atoms with Crippen LogP contribution in [0.25, 0.3) is 0 Å². The average molecular weight is 272 g/mol. The quantitative estimate of drug-likeness (QED) is 0.676. The monoisotopic (exact) mass is 272 g/mol. The van der Waals surface area contributed by atoms with Gasteiger partial charge in [-0.3, -0.25) is 4.79 Å². The number of ether oxygens (including phenoxy) is 2. The van der Waals surface area contributed by atoms with Crippen LogP contribution in [0.3, 0.4) is 0 Å². The summed E-state index contributed by atoms with van der Waals surface area (Å²) in [5, 5.41) is 5.99. The normalized spacial score (nSPS) is 22.4. The van der Waals surface area contributed by atoms with E-state index in [1.165, 1.54) is 7.11 Å². The van der Waals surface area contributed by atoms with E-state index in [4.69, 9.17) is 9.47 Å². The summed E-state index contributed by atoms with van der Waals surface area (Å²) in [6.07, 6.45) is 1.65. The first-order valence-corrected chi connectivity index (χ1v) is 6.72. The van der Waals surface area contributed by atoms with Gasteiger partial charge in [0.1, 0.15) is 5.54 Å². The Morgan fingerprint density at radius 3 is 2.79 bits per heavy atom. The molecule has 0 bridgehead atoms. The molecule has 0 radical (unpaired) electrons. The van der Waals surface area contributed by atoms with Crippen LogP contribution in [-0.4, -0.2) is 50.3 Å². The Balaban J connectivity index is 2.53. The zero-order chi connectivity index (χ0) is 14.3. The van der Waals surface area contributed by atoms with Crippen molar-refractivity contribution in [3.05, 3.63) is 0 Å². The molecule has 6 heteroatoms. The lowest BCUT2D eigenvalue weighted by Crippen LogP contribution is -2.54. The zero-order valence-electron chi connectivity index (χ0n) is 12.0. The van der Waals surface area contributed by atoms with E-state index in [1.807, 2.05) is 6.92 Å². The smallest absolute Gasteiger partial charge is 0.331 e. The van der Waals surface area contributed by atoms with Gasteiger partial charge in [0.15, 0.2) is 0 Å². The Morgan fingerprint density at radius 1 is 1.53 bits per heavy atom. The topological polar surface area (TPSA) is 76.7 Å². The molecule has 110 valence electrons. The van der Waals surface area contributed by atoms with Gasteiger partial charge in [0.2, 0.25) is 5.91 Å². The van der Waals surface area contributed by atoms with E-state index in [0.29, 0.717) is 26.1 Å². The molecule has 0 aromatic heterocycles. The fourth-order valence-corrected chi connectivity index (χ4v) is 2.27. The maximum absolute atomic E-state index is 12.0. The molecule has 2 atom stereocenters.